The third-order valence-electron chi connectivity index (χ3n) is 7.21. The van der Waals surface area contributed by atoms with Crippen LogP contribution in [0.5, 0.6) is 0 Å². The maximum Gasteiger partial charge on any atom is 0.416 e. The van der Waals surface area contributed by atoms with Crippen molar-refractivity contribution < 1.29 is 22.7 Å². The normalized spacial score (nSPS) is 18.3. The molecular weight excluding hydrogens is 515 g/mol. The summed E-state index contributed by atoms with van der Waals surface area (Å²) in [5.41, 5.74) is 1.36. The number of nitrogens with zero attached hydrogens (tertiary/aromatic N) is 5. The highest BCUT2D eigenvalue weighted by molar-refractivity contribution is 5.91. The second-order valence-corrected chi connectivity index (χ2v) is 9.96. The summed E-state index contributed by atoms with van der Waals surface area (Å²) in [6.45, 7) is 3.53. The predicted molar refractivity (Wildman–Crippen MR) is 138 cm³/mol. The van der Waals surface area contributed by atoms with Crippen molar-refractivity contribution in [1.82, 2.24) is 24.5 Å². The number of benzene rings is 1. The van der Waals surface area contributed by atoms with Gasteiger partial charge in [-0.05, 0) is 49.1 Å². The van der Waals surface area contributed by atoms with Crippen molar-refractivity contribution in [2.24, 2.45) is 0 Å². The fraction of sp³-hybridized carbons (Fsp3) is 0.462. The number of fused-ring (bicyclic) bond motifs is 1. The Bertz CT molecular complexity index is 1480. The van der Waals surface area contributed by atoms with Gasteiger partial charge in [0, 0.05) is 37.8 Å². The van der Waals surface area contributed by atoms with Gasteiger partial charge >= 0.3 is 6.18 Å². The summed E-state index contributed by atoms with van der Waals surface area (Å²) in [5, 5.41) is 10.6. The number of aromatic nitrogens is 4. The number of rotatable bonds is 6. The highest BCUT2D eigenvalue weighted by Crippen LogP contribution is 2.44. The Morgan fingerprint density at radius 2 is 1.90 bits per heavy atom. The molecule has 4 heterocycles. The summed E-state index contributed by atoms with van der Waals surface area (Å²) in [6.07, 6.45) is -0.185. The first-order valence-corrected chi connectivity index (χ1v) is 13.0. The molecule has 0 bridgehead atoms. The average molecular weight is 544 g/mol. The molecular formula is C26H28F3N7O3. The van der Waals surface area contributed by atoms with E-state index in [4.69, 9.17) is 9.72 Å². The Hall–Kier alpha value is -3.71. The monoisotopic (exact) mass is 543 g/mol. The molecule has 1 aliphatic carbocycles. The molecule has 0 radical (unpaired) electrons. The van der Waals surface area contributed by atoms with Crippen molar-refractivity contribution in [2.75, 3.05) is 49.6 Å². The van der Waals surface area contributed by atoms with Crippen LogP contribution >= 0.6 is 0 Å². The molecule has 1 amide bonds. The molecule has 3 aliphatic rings. The molecule has 0 atom stereocenters. The molecule has 10 nitrogen and oxygen atoms in total. The van der Waals surface area contributed by atoms with E-state index in [1.165, 1.54) is 16.6 Å². The van der Waals surface area contributed by atoms with Gasteiger partial charge in [-0.3, -0.25) is 9.59 Å². The zero-order chi connectivity index (χ0) is 27.1. The minimum Gasteiger partial charge on any atom is -0.377 e. The zero-order valence-electron chi connectivity index (χ0n) is 21.1. The van der Waals surface area contributed by atoms with Gasteiger partial charge in [0.1, 0.15) is 12.2 Å². The van der Waals surface area contributed by atoms with Crippen molar-refractivity contribution in [2.45, 2.75) is 37.9 Å². The second-order valence-electron chi connectivity index (χ2n) is 9.96. The number of nitrogens with one attached hydrogen (secondary N) is 2. The number of carbonyl (C=O) groups excluding carboxylic acids is 1. The van der Waals surface area contributed by atoms with Crippen LogP contribution in [-0.2, 0) is 22.3 Å². The lowest BCUT2D eigenvalue weighted by Crippen LogP contribution is -2.47. The SMILES string of the molecule is O=C(Cn1c(C2CC2)c(N2CCNCC2)c(=O)n2nc(C3=CCOCC3)nc12)Nc1ccc(C(F)(F)F)cc1. The molecule has 13 heteroatoms. The van der Waals surface area contributed by atoms with E-state index in [-0.39, 0.29) is 29.5 Å². The first-order valence-electron chi connectivity index (χ1n) is 13.0. The maximum atomic E-state index is 13.9. The summed E-state index contributed by atoms with van der Waals surface area (Å²) in [5.74, 6) is 0.356. The van der Waals surface area contributed by atoms with Gasteiger partial charge in [0.2, 0.25) is 11.7 Å². The van der Waals surface area contributed by atoms with E-state index in [1.54, 1.807) is 4.57 Å². The minimum atomic E-state index is -4.46. The first-order chi connectivity index (χ1) is 18.8. The number of alkyl halides is 3. The lowest BCUT2D eigenvalue weighted by atomic mass is 10.1. The quantitative estimate of drug-likeness (QED) is 0.493. The Morgan fingerprint density at radius 3 is 2.54 bits per heavy atom. The molecule has 1 aromatic carbocycles. The van der Waals surface area contributed by atoms with Crippen molar-refractivity contribution in [3.63, 3.8) is 0 Å². The van der Waals surface area contributed by atoms with E-state index in [2.05, 4.69) is 15.7 Å². The third kappa shape index (κ3) is 5.15. The van der Waals surface area contributed by atoms with E-state index in [1.807, 2.05) is 11.0 Å². The fourth-order valence-electron chi connectivity index (χ4n) is 5.13. The molecule has 1 saturated carbocycles. The molecule has 0 unspecified atom stereocenters. The van der Waals surface area contributed by atoms with Crippen molar-refractivity contribution in [3.8, 4) is 0 Å². The number of piperazine rings is 1. The number of amides is 1. The molecule has 2 fully saturated rings. The molecule has 1 saturated heterocycles. The zero-order valence-corrected chi connectivity index (χ0v) is 21.1. The first kappa shape index (κ1) is 25.6. The number of ether oxygens (including phenoxy) is 1. The van der Waals surface area contributed by atoms with Gasteiger partial charge in [-0.15, -0.1) is 5.10 Å². The van der Waals surface area contributed by atoms with E-state index in [0.29, 0.717) is 44.2 Å². The van der Waals surface area contributed by atoms with E-state index in [9.17, 15) is 22.8 Å². The molecule has 3 aromatic rings. The van der Waals surface area contributed by atoms with E-state index >= 15 is 0 Å². The highest BCUT2D eigenvalue weighted by atomic mass is 19.4. The van der Waals surface area contributed by atoms with Gasteiger partial charge in [0.05, 0.1) is 24.5 Å². The third-order valence-corrected chi connectivity index (χ3v) is 7.21. The van der Waals surface area contributed by atoms with Crippen LogP contribution in [0.25, 0.3) is 11.4 Å². The van der Waals surface area contributed by atoms with Crippen LogP contribution in [0.2, 0.25) is 0 Å². The summed E-state index contributed by atoms with van der Waals surface area (Å²) < 4.78 is 47.3. The molecule has 2 N–H and O–H groups in total. The number of hydrogen-bond donors (Lipinski definition) is 2. The van der Waals surface area contributed by atoms with Gasteiger partial charge in [-0.25, -0.2) is 0 Å². The predicted octanol–water partition coefficient (Wildman–Crippen LogP) is 2.64. The van der Waals surface area contributed by atoms with Gasteiger partial charge in [-0.2, -0.15) is 22.7 Å². The van der Waals surface area contributed by atoms with Crippen molar-refractivity contribution in [3.05, 3.63) is 57.8 Å². The Morgan fingerprint density at radius 1 is 1.15 bits per heavy atom. The summed E-state index contributed by atoms with van der Waals surface area (Å²) in [6, 6.07) is 4.31. The van der Waals surface area contributed by atoms with Crippen LogP contribution < -0.4 is 21.1 Å². The minimum absolute atomic E-state index is 0.105. The Balaban J connectivity index is 1.42. The molecule has 6 rings (SSSR count). The topological polar surface area (TPSA) is 106 Å². The molecule has 39 heavy (non-hydrogen) atoms. The summed E-state index contributed by atoms with van der Waals surface area (Å²) >= 11 is 0. The fourth-order valence-corrected chi connectivity index (χ4v) is 5.13. The van der Waals surface area contributed by atoms with Crippen molar-refractivity contribution in [1.29, 1.82) is 0 Å². The molecule has 2 aliphatic heterocycles. The van der Waals surface area contributed by atoms with Crippen LogP contribution in [0, 0.1) is 0 Å². The van der Waals surface area contributed by atoms with Gasteiger partial charge in [-0.1, -0.05) is 6.08 Å². The number of carbonyl (C=O) groups is 1. The van der Waals surface area contributed by atoms with Crippen LogP contribution in [0.15, 0.2) is 35.1 Å². The Labute approximate surface area is 221 Å². The van der Waals surface area contributed by atoms with E-state index < -0.39 is 17.6 Å². The molecule has 0 spiro atoms. The van der Waals surface area contributed by atoms with Crippen LogP contribution in [0.1, 0.15) is 42.3 Å². The molecule has 2 aromatic heterocycles. The second kappa shape index (κ2) is 10.1. The van der Waals surface area contributed by atoms with Crippen molar-refractivity contribution >= 4 is 28.6 Å². The van der Waals surface area contributed by atoms with Gasteiger partial charge in [0.25, 0.3) is 5.56 Å². The Kier molecular flexibility index (Phi) is 6.63. The van der Waals surface area contributed by atoms with Crippen LogP contribution in [-0.4, -0.2) is 64.5 Å². The summed E-state index contributed by atoms with van der Waals surface area (Å²) in [4.78, 5) is 33.9. The smallest absolute Gasteiger partial charge is 0.377 e. The summed E-state index contributed by atoms with van der Waals surface area (Å²) in [7, 11) is 0. The maximum absolute atomic E-state index is 13.9. The van der Waals surface area contributed by atoms with Crippen LogP contribution in [0.3, 0.4) is 0 Å². The van der Waals surface area contributed by atoms with Crippen LogP contribution in [0.4, 0.5) is 24.5 Å². The lowest BCUT2D eigenvalue weighted by Gasteiger charge is -2.31. The van der Waals surface area contributed by atoms with Gasteiger partial charge in [0.15, 0.2) is 5.82 Å². The average Bonchev–Trinajstić information content (AvgIpc) is 3.67. The largest absolute Gasteiger partial charge is 0.416 e. The number of hydrogen-bond acceptors (Lipinski definition) is 7. The highest BCUT2D eigenvalue weighted by Gasteiger charge is 2.36. The van der Waals surface area contributed by atoms with E-state index in [0.717, 1.165) is 49.3 Å². The standard InChI is InChI=1S/C26H28F3N7O3/c27-26(28,29)18-3-5-19(6-4-18)31-20(37)15-35-21(16-1-2-16)22(34-11-9-30-10-12-34)24(38)36-25(35)32-23(33-36)17-7-13-39-14-8-17/h3-7,16,30H,1-2,8-15H2,(H,31,37). The van der Waals surface area contributed by atoms with Gasteiger partial charge < -0.3 is 24.8 Å². The number of anilines is 2. The molecule has 206 valence electrons. The number of halogens is 3. The lowest BCUT2D eigenvalue weighted by molar-refractivity contribution is -0.137.